The van der Waals surface area contributed by atoms with Crippen molar-refractivity contribution in [3.05, 3.63) is 52.5 Å². The van der Waals surface area contributed by atoms with E-state index in [2.05, 4.69) is 26.3 Å². The second kappa shape index (κ2) is 7.90. The van der Waals surface area contributed by atoms with Crippen LogP contribution in [-0.2, 0) is 11.3 Å². The summed E-state index contributed by atoms with van der Waals surface area (Å²) in [5, 5.41) is 7.37. The lowest BCUT2D eigenvalue weighted by atomic mass is 10.0. The average Bonchev–Trinajstić information content (AvgIpc) is 2.92. The Kier molecular flexibility index (Phi) is 6.15. The topological polar surface area (TPSA) is 50.2 Å². The summed E-state index contributed by atoms with van der Waals surface area (Å²) < 4.78 is 15.9. The molecular weight excluding hydrogens is 387 g/mol. The van der Waals surface area contributed by atoms with E-state index in [0.29, 0.717) is 13.1 Å². The Morgan fingerprint density at radius 2 is 2.30 bits per heavy atom. The molecular formula is C15H17BrClFN4O. The van der Waals surface area contributed by atoms with Gasteiger partial charge in [0.25, 0.3) is 0 Å². The number of nitrogens with zero attached hydrogens (tertiary/aromatic N) is 3. The zero-order chi connectivity index (χ0) is 15.5. The van der Waals surface area contributed by atoms with Crippen molar-refractivity contribution >= 4 is 34.2 Å². The maximum atomic E-state index is 13.5. The molecule has 1 aromatic carbocycles. The lowest BCUT2D eigenvalue weighted by Crippen LogP contribution is -2.49. The second-order valence-electron chi connectivity index (χ2n) is 5.22. The van der Waals surface area contributed by atoms with Crippen LogP contribution < -0.4 is 5.32 Å². The van der Waals surface area contributed by atoms with E-state index < -0.39 is 0 Å². The van der Waals surface area contributed by atoms with E-state index in [-0.39, 0.29) is 36.7 Å². The molecule has 3 rings (SSSR count). The number of carbonyl (C=O) groups excluding carboxylic acids is 1. The number of nitrogens with one attached hydrogen (secondary N) is 1. The lowest BCUT2D eigenvalue weighted by molar-refractivity contribution is -0.135. The van der Waals surface area contributed by atoms with Gasteiger partial charge in [-0.15, -0.1) is 12.4 Å². The van der Waals surface area contributed by atoms with Crippen molar-refractivity contribution in [2.24, 2.45) is 0 Å². The van der Waals surface area contributed by atoms with Gasteiger partial charge in [-0.25, -0.2) is 4.39 Å². The van der Waals surface area contributed by atoms with Crippen LogP contribution in [0.25, 0.3) is 0 Å². The Hall–Kier alpha value is -1.44. The minimum atomic E-state index is -0.286. The second-order valence-corrected chi connectivity index (χ2v) is 6.13. The fourth-order valence-electron chi connectivity index (χ4n) is 2.67. The molecule has 8 heteroatoms. The first-order valence-corrected chi connectivity index (χ1v) is 7.86. The molecule has 124 valence electrons. The third kappa shape index (κ3) is 4.31. The molecule has 1 aliphatic rings. The fraction of sp³-hybridized carbons (Fsp3) is 0.333. The minimum absolute atomic E-state index is 0. The van der Waals surface area contributed by atoms with Crippen molar-refractivity contribution in [2.45, 2.75) is 12.6 Å². The summed E-state index contributed by atoms with van der Waals surface area (Å²) in [6.45, 7) is 2.14. The maximum absolute atomic E-state index is 13.5. The van der Waals surface area contributed by atoms with E-state index in [4.69, 9.17) is 0 Å². The summed E-state index contributed by atoms with van der Waals surface area (Å²) in [5.41, 5.74) is 0.808. The quantitative estimate of drug-likeness (QED) is 0.856. The zero-order valence-corrected chi connectivity index (χ0v) is 14.7. The van der Waals surface area contributed by atoms with Gasteiger partial charge in [-0.2, -0.15) is 5.10 Å². The van der Waals surface area contributed by atoms with Crippen molar-refractivity contribution in [1.29, 1.82) is 0 Å². The predicted molar refractivity (Wildman–Crippen MR) is 90.9 cm³/mol. The number of amides is 1. The Morgan fingerprint density at radius 3 is 3.00 bits per heavy atom. The molecule has 0 aliphatic carbocycles. The number of carbonyl (C=O) groups is 1. The molecule has 1 N–H and O–H groups in total. The van der Waals surface area contributed by atoms with Gasteiger partial charge in [0.15, 0.2) is 0 Å². The first-order chi connectivity index (χ1) is 10.6. The third-order valence-corrected chi connectivity index (χ3v) is 4.11. The molecule has 1 aromatic heterocycles. The molecule has 0 saturated carbocycles. The molecule has 5 nitrogen and oxygen atoms in total. The zero-order valence-electron chi connectivity index (χ0n) is 12.3. The molecule has 2 aromatic rings. The third-order valence-electron chi connectivity index (χ3n) is 3.70. The molecule has 0 bridgehead atoms. The summed E-state index contributed by atoms with van der Waals surface area (Å²) >= 11 is 3.31. The maximum Gasteiger partial charge on any atom is 0.244 e. The highest BCUT2D eigenvalue weighted by atomic mass is 79.9. The van der Waals surface area contributed by atoms with E-state index >= 15 is 0 Å². The van der Waals surface area contributed by atoms with Crippen LogP contribution in [0.15, 0.2) is 41.1 Å². The molecule has 1 atom stereocenters. The van der Waals surface area contributed by atoms with E-state index in [1.165, 1.54) is 12.1 Å². The summed E-state index contributed by atoms with van der Waals surface area (Å²) in [5.74, 6) is -0.308. The van der Waals surface area contributed by atoms with Gasteiger partial charge in [0, 0.05) is 25.8 Å². The Balaban J connectivity index is 0.00000192. The first kappa shape index (κ1) is 17.9. The SMILES string of the molecule is Cl.O=C(Cn1cc(Br)cn1)N1CCNCC1c1cccc(F)c1. The van der Waals surface area contributed by atoms with Gasteiger partial charge >= 0.3 is 0 Å². The number of piperazine rings is 1. The van der Waals surface area contributed by atoms with Crippen LogP contribution in [0.2, 0.25) is 0 Å². The Labute approximate surface area is 148 Å². The fourth-order valence-corrected chi connectivity index (χ4v) is 3.00. The monoisotopic (exact) mass is 402 g/mol. The van der Waals surface area contributed by atoms with Gasteiger partial charge in [-0.1, -0.05) is 12.1 Å². The van der Waals surface area contributed by atoms with Crippen LogP contribution in [0.5, 0.6) is 0 Å². The van der Waals surface area contributed by atoms with Crippen LogP contribution in [0, 0.1) is 5.82 Å². The number of hydrogen-bond donors (Lipinski definition) is 1. The molecule has 1 unspecified atom stereocenters. The molecule has 2 heterocycles. The van der Waals surface area contributed by atoms with Gasteiger partial charge in [-0.3, -0.25) is 9.48 Å². The highest BCUT2D eigenvalue weighted by Gasteiger charge is 2.28. The van der Waals surface area contributed by atoms with E-state index in [9.17, 15) is 9.18 Å². The molecule has 1 saturated heterocycles. The molecule has 0 radical (unpaired) electrons. The number of aromatic nitrogens is 2. The summed E-state index contributed by atoms with van der Waals surface area (Å²) in [7, 11) is 0. The van der Waals surface area contributed by atoms with Gasteiger partial charge in [0.1, 0.15) is 12.4 Å². The molecule has 0 spiro atoms. The smallest absolute Gasteiger partial charge is 0.244 e. The standard InChI is InChI=1S/C15H16BrFN4O.ClH/c16-12-7-19-20(9-12)10-15(22)21-5-4-18-8-14(21)11-2-1-3-13(17)6-11;/h1-3,6-7,9,14,18H,4-5,8,10H2;1H. The number of benzene rings is 1. The molecule has 1 fully saturated rings. The van der Waals surface area contributed by atoms with Crippen LogP contribution in [0.4, 0.5) is 4.39 Å². The average molecular weight is 404 g/mol. The first-order valence-electron chi connectivity index (χ1n) is 7.07. The van der Waals surface area contributed by atoms with Gasteiger partial charge < -0.3 is 10.2 Å². The summed E-state index contributed by atoms with van der Waals surface area (Å²) in [6, 6.07) is 6.27. The van der Waals surface area contributed by atoms with Crippen molar-refractivity contribution < 1.29 is 9.18 Å². The van der Waals surface area contributed by atoms with Crippen LogP contribution >= 0.6 is 28.3 Å². The Morgan fingerprint density at radius 1 is 1.48 bits per heavy atom. The highest BCUT2D eigenvalue weighted by Crippen LogP contribution is 2.23. The summed E-state index contributed by atoms with van der Waals surface area (Å²) in [4.78, 5) is 14.4. The van der Waals surface area contributed by atoms with Crippen LogP contribution in [-0.4, -0.2) is 40.2 Å². The summed E-state index contributed by atoms with van der Waals surface area (Å²) in [6.07, 6.45) is 3.41. The number of rotatable bonds is 3. The normalized spacial score (nSPS) is 17.7. The number of halogens is 3. The molecule has 23 heavy (non-hydrogen) atoms. The van der Waals surface area contributed by atoms with Gasteiger partial charge in [-0.05, 0) is 33.6 Å². The highest BCUT2D eigenvalue weighted by molar-refractivity contribution is 9.10. The predicted octanol–water partition coefficient (Wildman–Crippen LogP) is 2.38. The van der Waals surface area contributed by atoms with Crippen molar-refractivity contribution in [1.82, 2.24) is 20.0 Å². The van der Waals surface area contributed by atoms with Crippen molar-refractivity contribution in [2.75, 3.05) is 19.6 Å². The van der Waals surface area contributed by atoms with Crippen LogP contribution in [0.3, 0.4) is 0 Å². The van der Waals surface area contributed by atoms with Crippen LogP contribution in [0.1, 0.15) is 11.6 Å². The van der Waals surface area contributed by atoms with E-state index in [1.54, 1.807) is 28.0 Å². The van der Waals surface area contributed by atoms with Gasteiger partial charge in [0.2, 0.25) is 5.91 Å². The number of hydrogen-bond acceptors (Lipinski definition) is 3. The minimum Gasteiger partial charge on any atom is -0.331 e. The van der Waals surface area contributed by atoms with E-state index in [1.807, 2.05) is 6.07 Å². The largest absolute Gasteiger partial charge is 0.331 e. The lowest BCUT2D eigenvalue weighted by Gasteiger charge is -2.36. The van der Waals surface area contributed by atoms with E-state index in [0.717, 1.165) is 16.6 Å². The van der Waals surface area contributed by atoms with Crippen molar-refractivity contribution in [3.8, 4) is 0 Å². The van der Waals surface area contributed by atoms with Crippen molar-refractivity contribution in [3.63, 3.8) is 0 Å². The Bertz CT molecular complexity index is 681. The molecule has 1 amide bonds. The molecule has 1 aliphatic heterocycles. The van der Waals surface area contributed by atoms with Gasteiger partial charge in [0.05, 0.1) is 16.7 Å².